The van der Waals surface area contributed by atoms with E-state index in [0.29, 0.717) is 5.92 Å². The van der Waals surface area contributed by atoms with Crippen LogP contribution in [0.25, 0.3) is 11.1 Å². The Labute approximate surface area is 321 Å². The zero-order valence-corrected chi connectivity index (χ0v) is 38.4. The molecule has 0 bridgehead atoms. The molecule has 1 heteroatoms. The van der Waals surface area contributed by atoms with Crippen LogP contribution in [0.2, 0.25) is 7.35 Å². The van der Waals surface area contributed by atoms with Gasteiger partial charge < -0.3 is 0 Å². The molecule has 5 aromatic rings. The second-order valence-electron chi connectivity index (χ2n) is 21.1. The predicted molar refractivity (Wildman–Crippen MR) is 236 cm³/mol. The zero-order chi connectivity index (χ0) is 38.8. The summed E-state index contributed by atoms with van der Waals surface area (Å²) in [6.07, 6.45) is 9.88. The van der Waals surface area contributed by atoms with Gasteiger partial charge in [0.1, 0.15) is 0 Å². The molecule has 0 N–H and O–H groups in total. The van der Waals surface area contributed by atoms with Crippen molar-refractivity contribution in [3.63, 3.8) is 0 Å². The van der Waals surface area contributed by atoms with E-state index in [4.69, 9.17) is 4.26 Å². The van der Waals surface area contributed by atoms with Crippen LogP contribution in [0.5, 0.6) is 0 Å². The molecule has 280 valence electrons. The summed E-state index contributed by atoms with van der Waals surface area (Å²) in [4.78, 5) is 0. The number of rotatable bonds is 9. The van der Waals surface area contributed by atoms with E-state index in [-0.39, 0.29) is 21.9 Å². The first-order valence-corrected chi connectivity index (χ1v) is 36.2. The molecule has 2 aliphatic carbocycles. The van der Waals surface area contributed by atoms with Gasteiger partial charge in [0, 0.05) is 0 Å². The van der Waals surface area contributed by atoms with Crippen LogP contribution in [0, 0.1) is 0 Å². The van der Waals surface area contributed by atoms with E-state index in [9.17, 15) is 0 Å². The summed E-state index contributed by atoms with van der Waals surface area (Å²) in [5, 5.41) is 0. The van der Waals surface area contributed by atoms with Gasteiger partial charge >= 0.3 is 324 Å². The molecule has 0 atom stereocenters. The molecule has 0 saturated heterocycles. The van der Waals surface area contributed by atoms with E-state index < -0.39 is 15.1 Å². The molecule has 0 heterocycles. The molecular formula is C53H64Hf. The molecule has 0 aromatic heterocycles. The van der Waals surface area contributed by atoms with Gasteiger partial charge in [0.25, 0.3) is 0 Å². The first kappa shape index (κ1) is 38.6. The van der Waals surface area contributed by atoms with Crippen molar-refractivity contribution < 1.29 is 15.1 Å². The summed E-state index contributed by atoms with van der Waals surface area (Å²) in [6.45, 7) is 24.0. The average molecular weight is 880 g/mol. The van der Waals surface area contributed by atoms with E-state index in [1.807, 2.05) is 0 Å². The van der Waals surface area contributed by atoms with Crippen LogP contribution in [-0.2, 0) is 34.3 Å². The molecule has 0 fully saturated rings. The van der Waals surface area contributed by atoms with E-state index in [1.165, 1.54) is 53.4 Å². The average Bonchev–Trinajstić information content (AvgIpc) is 3.81. The molecule has 0 amide bonds. The molecule has 0 nitrogen and oxygen atoms in total. The van der Waals surface area contributed by atoms with E-state index >= 15 is 0 Å². The molecule has 0 unspecified atom stereocenters. The Kier molecular flexibility index (Phi) is 8.69. The molecule has 7 rings (SSSR count). The second kappa shape index (κ2) is 12.2. The van der Waals surface area contributed by atoms with Crippen LogP contribution in [-0.4, -0.2) is 4.26 Å². The van der Waals surface area contributed by atoms with Crippen molar-refractivity contribution in [3.8, 4) is 11.1 Å². The fourth-order valence-corrected chi connectivity index (χ4v) is 65.7. The minimum atomic E-state index is -6.68. The van der Waals surface area contributed by atoms with E-state index in [0.717, 1.165) is 8.35 Å². The van der Waals surface area contributed by atoms with Crippen LogP contribution in [0.15, 0.2) is 146 Å². The topological polar surface area (TPSA) is 0 Å². The monoisotopic (exact) mass is 880 g/mol. The van der Waals surface area contributed by atoms with Crippen LogP contribution in [0.1, 0.15) is 118 Å². The molecule has 0 saturated carbocycles. The third-order valence-electron chi connectivity index (χ3n) is 16.1. The third kappa shape index (κ3) is 4.99. The van der Waals surface area contributed by atoms with Crippen LogP contribution >= 0.6 is 0 Å². The number of hydrogen-bond donors (Lipinski definition) is 0. The van der Waals surface area contributed by atoms with Crippen molar-refractivity contribution in [3.05, 3.63) is 185 Å². The third-order valence-corrected chi connectivity index (χ3v) is 73.6. The Hall–Kier alpha value is -3.68. The molecule has 0 spiro atoms. The Morgan fingerprint density at radius 3 is 1.35 bits per heavy atom. The molecule has 2 aliphatic rings. The number of hydrogen-bond acceptors (Lipinski definition) is 0. The van der Waals surface area contributed by atoms with Crippen LogP contribution in [0.3, 0.4) is 0 Å². The summed E-state index contributed by atoms with van der Waals surface area (Å²) in [7, 11) is 0. The summed E-state index contributed by atoms with van der Waals surface area (Å²) in [6, 6.07) is 48.2. The maximum atomic E-state index is 6.54. The predicted octanol–water partition coefficient (Wildman–Crippen LogP) is 14.1. The van der Waals surface area contributed by atoms with Gasteiger partial charge in [-0.2, -0.15) is 0 Å². The van der Waals surface area contributed by atoms with Crippen molar-refractivity contribution in [1.29, 1.82) is 0 Å². The van der Waals surface area contributed by atoms with Gasteiger partial charge in [0.2, 0.25) is 0 Å². The quantitative estimate of drug-likeness (QED) is 0.129. The molecule has 5 aromatic carbocycles. The fourth-order valence-electron chi connectivity index (χ4n) is 12.4. The van der Waals surface area contributed by atoms with Crippen LogP contribution in [0.4, 0.5) is 0 Å². The first-order valence-electron chi connectivity index (χ1n) is 20.6. The van der Waals surface area contributed by atoms with E-state index in [2.05, 4.69) is 215 Å². The van der Waals surface area contributed by atoms with Gasteiger partial charge in [0.05, 0.1) is 0 Å². The van der Waals surface area contributed by atoms with Gasteiger partial charge in [0.15, 0.2) is 0 Å². The van der Waals surface area contributed by atoms with Gasteiger partial charge in [-0.05, 0) is 0 Å². The summed E-state index contributed by atoms with van der Waals surface area (Å²) in [5.74, 6) is 0.431. The second-order valence-corrected chi connectivity index (χ2v) is 63.5. The van der Waals surface area contributed by atoms with Crippen molar-refractivity contribution in [1.82, 2.24) is 0 Å². The molecule has 0 radical (unpaired) electrons. The van der Waals surface area contributed by atoms with Gasteiger partial charge in [-0.15, -0.1) is 0 Å². The van der Waals surface area contributed by atoms with Gasteiger partial charge in [-0.1, -0.05) is 0 Å². The maximum absolute atomic E-state index is 6.68. The Morgan fingerprint density at radius 2 is 0.981 bits per heavy atom. The zero-order valence-electron chi connectivity index (χ0n) is 34.8. The first-order chi connectivity index (χ1) is 25.3. The minimum absolute atomic E-state index is 0.0146. The molecular weight excluding hydrogens is 815 g/mol. The number of benzene rings is 5. The standard InChI is InChI=1S/C21H25.C9H11.2C7H7.C5H5.C3H7.CH2.Hf/c1-20(2,3)16-7-9-18-14(12-16)11-15-13-17(21(4,5)6)8-10-19(15)18;1-8(2)9-6-4-3-5-7-9;2*1-7-5-3-2-4-6-7;1-2-4-5-3-1;1-3-2;;/h7-13H,1-6H3;4-8H,1-2H3;2*2-6H,1H2;1-5H;3H,1-2H3;1H2;. The SMILES string of the molecule is [CH2]=[Hf]([CH2]c1ccccc1)([CH2]c1ccccc1)([c]1ccc(C(C)C)cc1)([CH](C)C)([CH]1C=CC=C1)[CH]1c2cc(C(C)(C)C)ccc2-c2ccc(C(C)(C)C)cc21. The molecule has 54 heavy (non-hydrogen) atoms. The van der Waals surface area contributed by atoms with E-state index in [1.54, 1.807) is 0 Å². The van der Waals surface area contributed by atoms with Crippen molar-refractivity contribution in [2.24, 2.45) is 0 Å². The fraction of sp³-hybridized carbons (Fsp3) is 0.340. The van der Waals surface area contributed by atoms with Crippen molar-refractivity contribution >= 4 is 7.58 Å². The Morgan fingerprint density at radius 1 is 0.556 bits per heavy atom. The van der Waals surface area contributed by atoms with Crippen molar-refractivity contribution in [2.45, 2.75) is 105 Å². The summed E-state index contributed by atoms with van der Waals surface area (Å²) in [5.41, 5.74) is 12.6. The number of fused-ring (bicyclic) bond motifs is 3. The normalized spacial score (nSPS) is 16.9. The molecule has 0 aliphatic heterocycles. The Balaban J connectivity index is 1.86. The summed E-state index contributed by atoms with van der Waals surface area (Å²) < 4.78 is 10.2. The van der Waals surface area contributed by atoms with Crippen LogP contribution < -0.4 is 3.32 Å². The van der Waals surface area contributed by atoms with Crippen molar-refractivity contribution in [2.75, 3.05) is 0 Å². The number of allylic oxidation sites excluding steroid dienone is 4. The van der Waals surface area contributed by atoms with Gasteiger partial charge in [-0.25, -0.2) is 0 Å². The summed E-state index contributed by atoms with van der Waals surface area (Å²) >= 11 is -6.68. The Bertz CT molecular complexity index is 2280. The van der Waals surface area contributed by atoms with Gasteiger partial charge in [-0.3, -0.25) is 0 Å².